The number of hydrogen-bond acceptors (Lipinski definition) is 3. The molecular weight excluding hydrogens is 312 g/mol. The predicted molar refractivity (Wildman–Crippen MR) is 97.8 cm³/mol. The third-order valence-electron chi connectivity index (χ3n) is 3.85. The van der Waals surface area contributed by atoms with E-state index in [-0.39, 0.29) is 6.61 Å². The molecule has 0 aliphatic rings. The van der Waals surface area contributed by atoms with Crippen molar-refractivity contribution in [3.05, 3.63) is 90.3 Å². The van der Waals surface area contributed by atoms with E-state index in [4.69, 9.17) is 4.74 Å². The molecule has 0 spiro atoms. The highest BCUT2D eigenvalue weighted by Gasteiger charge is 2.14. The molecule has 1 aromatic heterocycles. The Bertz CT molecular complexity index is 867. The first-order chi connectivity index (χ1) is 12.1. The van der Waals surface area contributed by atoms with Crippen LogP contribution in [0.15, 0.2) is 79.0 Å². The first-order valence-corrected chi connectivity index (χ1v) is 8.11. The highest BCUT2D eigenvalue weighted by Crippen LogP contribution is 2.21. The van der Waals surface area contributed by atoms with Gasteiger partial charge in [-0.1, -0.05) is 67.2 Å². The van der Waals surface area contributed by atoms with Gasteiger partial charge in [0.25, 0.3) is 0 Å². The number of benzene rings is 2. The van der Waals surface area contributed by atoms with Gasteiger partial charge in [-0.2, -0.15) is 0 Å². The van der Waals surface area contributed by atoms with E-state index >= 15 is 0 Å². The number of hydrogen-bond donors (Lipinski definition) is 0. The average Bonchev–Trinajstić information content (AvgIpc) is 3.03. The monoisotopic (exact) mass is 332 g/mol. The Labute approximate surface area is 147 Å². The SMILES string of the molecule is C=C(C)C(=O)OCc1cnc(-c2ccccc2)n1Cc1ccccc1. The molecule has 0 amide bonds. The summed E-state index contributed by atoms with van der Waals surface area (Å²) >= 11 is 0. The number of imidazole rings is 1. The Morgan fingerprint density at radius 1 is 1.08 bits per heavy atom. The maximum absolute atomic E-state index is 11.7. The summed E-state index contributed by atoms with van der Waals surface area (Å²) in [5.41, 5.74) is 3.41. The highest BCUT2D eigenvalue weighted by molar-refractivity contribution is 5.86. The fourth-order valence-electron chi connectivity index (χ4n) is 2.55. The fourth-order valence-corrected chi connectivity index (χ4v) is 2.55. The van der Waals surface area contributed by atoms with E-state index in [9.17, 15) is 4.79 Å². The van der Waals surface area contributed by atoms with Crippen LogP contribution in [-0.4, -0.2) is 15.5 Å². The number of carbonyl (C=O) groups is 1. The molecule has 25 heavy (non-hydrogen) atoms. The lowest BCUT2D eigenvalue weighted by molar-refractivity contribution is -0.140. The van der Waals surface area contributed by atoms with E-state index in [1.807, 2.05) is 48.5 Å². The number of esters is 1. The van der Waals surface area contributed by atoms with E-state index in [0.717, 1.165) is 22.6 Å². The second-order valence-corrected chi connectivity index (χ2v) is 5.87. The lowest BCUT2D eigenvalue weighted by atomic mass is 10.2. The van der Waals surface area contributed by atoms with Gasteiger partial charge in [-0.25, -0.2) is 9.78 Å². The van der Waals surface area contributed by atoms with Crippen LogP contribution in [0.2, 0.25) is 0 Å². The average molecular weight is 332 g/mol. The van der Waals surface area contributed by atoms with Gasteiger partial charge in [0.15, 0.2) is 0 Å². The molecule has 0 fully saturated rings. The molecule has 0 saturated carbocycles. The standard InChI is InChI=1S/C21H20N2O2/c1-16(2)21(24)25-15-19-13-22-20(18-11-7-4-8-12-18)23(19)14-17-9-5-3-6-10-17/h3-13H,1,14-15H2,2H3. The van der Waals surface area contributed by atoms with Crippen molar-refractivity contribution >= 4 is 5.97 Å². The van der Waals surface area contributed by atoms with E-state index < -0.39 is 5.97 Å². The van der Waals surface area contributed by atoms with Gasteiger partial charge in [-0.3, -0.25) is 0 Å². The van der Waals surface area contributed by atoms with Crippen LogP contribution in [0.5, 0.6) is 0 Å². The number of nitrogens with zero attached hydrogens (tertiary/aromatic N) is 2. The molecule has 0 saturated heterocycles. The molecular formula is C21H20N2O2. The summed E-state index contributed by atoms with van der Waals surface area (Å²) in [4.78, 5) is 16.3. The van der Waals surface area contributed by atoms with Gasteiger partial charge in [0.05, 0.1) is 11.9 Å². The Hall–Kier alpha value is -3.14. The molecule has 3 aromatic rings. The quantitative estimate of drug-likeness (QED) is 0.501. The summed E-state index contributed by atoms with van der Waals surface area (Å²) in [6.45, 7) is 6.07. The molecule has 0 aliphatic heterocycles. The molecule has 0 atom stereocenters. The van der Waals surface area contributed by atoms with Gasteiger partial charge in [0, 0.05) is 17.7 Å². The highest BCUT2D eigenvalue weighted by atomic mass is 16.5. The Morgan fingerprint density at radius 2 is 1.72 bits per heavy atom. The Balaban J connectivity index is 1.93. The zero-order valence-corrected chi connectivity index (χ0v) is 14.2. The second kappa shape index (κ2) is 7.62. The van der Waals surface area contributed by atoms with Gasteiger partial charge in [0.2, 0.25) is 0 Å². The molecule has 0 radical (unpaired) electrons. The van der Waals surface area contributed by atoms with Crippen LogP contribution in [-0.2, 0) is 22.7 Å². The maximum atomic E-state index is 11.7. The topological polar surface area (TPSA) is 44.1 Å². The van der Waals surface area contributed by atoms with Gasteiger partial charge >= 0.3 is 5.97 Å². The maximum Gasteiger partial charge on any atom is 0.333 e. The van der Waals surface area contributed by atoms with Gasteiger partial charge in [0.1, 0.15) is 12.4 Å². The summed E-state index contributed by atoms with van der Waals surface area (Å²) in [7, 11) is 0. The third-order valence-corrected chi connectivity index (χ3v) is 3.85. The third kappa shape index (κ3) is 4.04. The normalized spacial score (nSPS) is 10.4. The van der Waals surface area contributed by atoms with Crippen LogP contribution in [0.25, 0.3) is 11.4 Å². The largest absolute Gasteiger partial charge is 0.456 e. The molecule has 1 heterocycles. The van der Waals surface area contributed by atoms with E-state index in [1.165, 1.54) is 0 Å². The van der Waals surface area contributed by atoms with Crippen LogP contribution in [0.4, 0.5) is 0 Å². The first-order valence-electron chi connectivity index (χ1n) is 8.11. The van der Waals surface area contributed by atoms with Crippen LogP contribution in [0.1, 0.15) is 18.2 Å². The van der Waals surface area contributed by atoms with Crippen molar-refractivity contribution in [3.8, 4) is 11.4 Å². The van der Waals surface area contributed by atoms with Crippen molar-refractivity contribution in [1.29, 1.82) is 0 Å². The van der Waals surface area contributed by atoms with Gasteiger partial charge < -0.3 is 9.30 Å². The number of ether oxygens (including phenoxy) is 1. The second-order valence-electron chi connectivity index (χ2n) is 5.87. The van der Waals surface area contributed by atoms with Crippen LogP contribution >= 0.6 is 0 Å². The smallest absolute Gasteiger partial charge is 0.333 e. The summed E-state index contributed by atoms with van der Waals surface area (Å²) in [5, 5.41) is 0. The number of rotatable bonds is 6. The van der Waals surface area contributed by atoms with Crippen molar-refractivity contribution in [2.24, 2.45) is 0 Å². The molecule has 0 aliphatic carbocycles. The summed E-state index contributed by atoms with van der Waals surface area (Å²) < 4.78 is 7.40. The van der Waals surface area contributed by atoms with Gasteiger partial charge in [-0.05, 0) is 12.5 Å². The first kappa shape index (κ1) is 16.7. The predicted octanol–water partition coefficient (Wildman–Crippen LogP) is 4.22. The van der Waals surface area contributed by atoms with Crippen molar-refractivity contribution < 1.29 is 9.53 Å². The minimum Gasteiger partial charge on any atom is -0.456 e. The summed E-state index contributed by atoms with van der Waals surface area (Å²) in [6, 6.07) is 20.1. The van der Waals surface area contributed by atoms with Crippen molar-refractivity contribution in [1.82, 2.24) is 9.55 Å². The van der Waals surface area contributed by atoms with E-state index in [2.05, 4.69) is 28.3 Å². The van der Waals surface area contributed by atoms with Crippen LogP contribution in [0.3, 0.4) is 0 Å². The molecule has 0 unspecified atom stereocenters. The van der Waals surface area contributed by atoms with Crippen molar-refractivity contribution in [2.45, 2.75) is 20.1 Å². The zero-order valence-electron chi connectivity index (χ0n) is 14.2. The Kier molecular flexibility index (Phi) is 5.09. The minimum absolute atomic E-state index is 0.165. The van der Waals surface area contributed by atoms with E-state index in [0.29, 0.717) is 12.1 Å². The lowest BCUT2D eigenvalue weighted by Gasteiger charge is -2.13. The van der Waals surface area contributed by atoms with Crippen LogP contribution < -0.4 is 0 Å². The minimum atomic E-state index is -0.395. The molecule has 0 N–H and O–H groups in total. The lowest BCUT2D eigenvalue weighted by Crippen LogP contribution is -2.11. The summed E-state index contributed by atoms with van der Waals surface area (Å²) in [5.74, 6) is 0.458. The molecule has 4 nitrogen and oxygen atoms in total. The molecule has 4 heteroatoms. The molecule has 0 bridgehead atoms. The fraction of sp³-hybridized carbons (Fsp3) is 0.143. The van der Waals surface area contributed by atoms with Gasteiger partial charge in [-0.15, -0.1) is 0 Å². The zero-order chi connectivity index (χ0) is 17.6. The molecule has 126 valence electrons. The molecule has 3 rings (SSSR count). The number of aromatic nitrogens is 2. The van der Waals surface area contributed by atoms with Crippen molar-refractivity contribution in [3.63, 3.8) is 0 Å². The summed E-state index contributed by atoms with van der Waals surface area (Å²) in [6.07, 6.45) is 1.76. The Morgan fingerprint density at radius 3 is 2.36 bits per heavy atom. The van der Waals surface area contributed by atoms with Crippen LogP contribution in [0, 0.1) is 0 Å². The van der Waals surface area contributed by atoms with Crippen molar-refractivity contribution in [2.75, 3.05) is 0 Å². The molecule has 2 aromatic carbocycles. The number of carbonyl (C=O) groups excluding carboxylic acids is 1. The van der Waals surface area contributed by atoms with E-state index in [1.54, 1.807) is 13.1 Å².